The van der Waals surface area contributed by atoms with E-state index in [0.717, 1.165) is 10.1 Å². The predicted molar refractivity (Wildman–Crippen MR) is 104 cm³/mol. The largest absolute Gasteiger partial charge is 0.349 e. The van der Waals surface area contributed by atoms with Gasteiger partial charge in [-0.2, -0.15) is 11.8 Å². The fraction of sp³-hybridized carbons (Fsp3) is 0.467. The first kappa shape index (κ1) is 20.2. The van der Waals surface area contributed by atoms with E-state index in [-0.39, 0.29) is 18.2 Å². The number of halogens is 1. The summed E-state index contributed by atoms with van der Waals surface area (Å²) in [5.41, 5.74) is 1.48. The molecule has 138 valence electrons. The lowest BCUT2D eigenvalue weighted by Crippen LogP contribution is -2.47. The van der Waals surface area contributed by atoms with Gasteiger partial charge in [0.2, 0.25) is 15.9 Å². The van der Waals surface area contributed by atoms with Crippen molar-refractivity contribution in [3.8, 4) is 0 Å². The summed E-state index contributed by atoms with van der Waals surface area (Å²) in [6.07, 6.45) is 6.06. The van der Waals surface area contributed by atoms with Gasteiger partial charge in [-0.3, -0.25) is 4.79 Å². The van der Waals surface area contributed by atoms with Crippen molar-refractivity contribution in [3.05, 3.63) is 34.7 Å². The smallest absolute Gasteiger partial charge is 0.238 e. The van der Waals surface area contributed by atoms with Crippen molar-refractivity contribution in [1.82, 2.24) is 19.4 Å². The molecule has 2 aromatic heterocycles. The highest BCUT2D eigenvalue weighted by Gasteiger charge is 2.23. The first-order valence-corrected chi connectivity index (χ1v) is 11.6. The van der Waals surface area contributed by atoms with E-state index in [1.54, 1.807) is 18.7 Å². The molecule has 1 amide bonds. The van der Waals surface area contributed by atoms with Crippen molar-refractivity contribution in [2.45, 2.75) is 25.9 Å². The fourth-order valence-corrected chi connectivity index (χ4v) is 3.83. The number of sulfonamides is 1. The van der Waals surface area contributed by atoms with E-state index in [9.17, 15) is 13.2 Å². The molecule has 2 aromatic rings. The third-order valence-electron chi connectivity index (χ3n) is 3.54. The summed E-state index contributed by atoms with van der Waals surface area (Å²) < 4.78 is 28.8. The molecule has 0 saturated heterocycles. The van der Waals surface area contributed by atoms with Crippen molar-refractivity contribution >= 4 is 49.3 Å². The highest BCUT2D eigenvalue weighted by molar-refractivity contribution is 9.10. The van der Waals surface area contributed by atoms with Crippen LogP contribution in [0.1, 0.15) is 19.0 Å². The maximum absolute atomic E-state index is 12.4. The number of hydrogen-bond donors (Lipinski definition) is 2. The van der Waals surface area contributed by atoms with Crippen molar-refractivity contribution in [1.29, 1.82) is 0 Å². The number of pyridine rings is 1. The van der Waals surface area contributed by atoms with Crippen LogP contribution in [0.4, 0.5) is 0 Å². The molecule has 7 nitrogen and oxygen atoms in total. The normalized spacial score (nSPS) is 13.1. The van der Waals surface area contributed by atoms with Gasteiger partial charge in [0.1, 0.15) is 11.7 Å². The summed E-state index contributed by atoms with van der Waals surface area (Å²) in [6.45, 7) is 1.78. The average Bonchev–Trinajstić information content (AvgIpc) is 2.98. The number of fused-ring (bicyclic) bond motifs is 1. The van der Waals surface area contributed by atoms with Gasteiger partial charge in [0.25, 0.3) is 0 Å². The van der Waals surface area contributed by atoms with Crippen LogP contribution < -0.4 is 10.0 Å². The van der Waals surface area contributed by atoms with Crippen LogP contribution in [0.15, 0.2) is 29.0 Å². The van der Waals surface area contributed by atoms with Crippen molar-refractivity contribution in [2.24, 2.45) is 0 Å². The van der Waals surface area contributed by atoms with Gasteiger partial charge in [0, 0.05) is 16.9 Å². The molecule has 0 aliphatic carbocycles. The Labute approximate surface area is 160 Å². The molecule has 0 aromatic carbocycles. The molecule has 10 heteroatoms. The lowest BCUT2D eigenvalue weighted by atomic mass is 10.2. The minimum atomic E-state index is -3.45. The quantitative estimate of drug-likeness (QED) is 0.609. The number of carbonyl (C=O) groups excluding carboxylic acids is 1. The van der Waals surface area contributed by atoms with Gasteiger partial charge in [-0.15, -0.1) is 0 Å². The lowest BCUT2D eigenvalue weighted by molar-refractivity contribution is -0.122. The molecule has 0 spiro atoms. The van der Waals surface area contributed by atoms with Crippen LogP contribution in [0.25, 0.3) is 5.65 Å². The Balaban J connectivity index is 2.03. The minimum absolute atomic E-state index is 0.0582. The molecule has 0 aliphatic heterocycles. The van der Waals surface area contributed by atoms with Crippen molar-refractivity contribution in [2.75, 3.05) is 17.8 Å². The standard InChI is InChI=1S/C15H21BrN4O3S2/c1-3-25(22,23)19-13(6-7-24-2)15(21)17-8-12-10-20-9-11(16)4-5-14(20)18-12/h4-5,9-10,13,19H,3,6-8H2,1-2H3,(H,17,21). The molecule has 1 atom stereocenters. The van der Waals surface area contributed by atoms with E-state index in [1.807, 2.05) is 35.2 Å². The van der Waals surface area contributed by atoms with Crippen LogP contribution in [0.3, 0.4) is 0 Å². The molecule has 2 heterocycles. The third kappa shape index (κ3) is 5.98. The van der Waals surface area contributed by atoms with Gasteiger partial charge in [-0.05, 0) is 53.4 Å². The Morgan fingerprint density at radius 1 is 1.40 bits per heavy atom. The molecule has 2 rings (SSSR count). The molecule has 25 heavy (non-hydrogen) atoms. The number of amides is 1. The monoisotopic (exact) mass is 448 g/mol. The average molecular weight is 449 g/mol. The van der Waals surface area contributed by atoms with Crippen LogP contribution in [0.5, 0.6) is 0 Å². The van der Waals surface area contributed by atoms with Crippen molar-refractivity contribution < 1.29 is 13.2 Å². The Bertz CT molecular complexity index is 838. The van der Waals surface area contributed by atoms with Gasteiger partial charge in [-0.25, -0.2) is 18.1 Å². The topological polar surface area (TPSA) is 92.6 Å². The second kappa shape index (κ2) is 9.02. The number of hydrogen-bond acceptors (Lipinski definition) is 5. The summed E-state index contributed by atoms with van der Waals surface area (Å²) in [5.74, 6) is 0.286. The van der Waals surface area contributed by atoms with Gasteiger partial charge in [0.05, 0.1) is 18.0 Å². The van der Waals surface area contributed by atoms with Gasteiger partial charge >= 0.3 is 0 Å². The maximum Gasteiger partial charge on any atom is 0.238 e. The van der Waals surface area contributed by atoms with E-state index in [1.165, 1.54) is 0 Å². The van der Waals surface area contributed by atoms with Crippen LogP contribution in [0, 0.1) is 0 Å². The number of nitrogens with one attached hydrogen (secondary N) is 2. The highest BCUT2D eigenvalue weighted by atomic mass is 79.9. The molecule has 0 fully saturated rings. The van der Waals surface area contributed by atoms with Crippen LogP contribution in [0.2, 0.25) is 0 Å². The van der Waals surface area contributed by atoms with Gasteiger partial charge < -0.3 is 9.72 Å². The number of thioether (sulfide) groups is 1. The SMILES string of the molecule is CCS(=O)(=O)NC(CCSC)C(=O)NCc1cn2cc(Br)ccc2n1. The Morgan fingerprint density at radius 2 is 2.16 bits per heavy atom. The first-order valence-electron chi connectivity index (χ1n) is 7.74. The third-order valence-corrected chi connectivity index (χ3v) is 6.05. The molecule has 0 saturated carbocycles. The lowest BCUT2D eigenvalue weighted by Gasteiger charge is -2.17. The van der Waals surface area contributed by atoms with E-state index in [4.69, 9.17) is 0 Å². The van der Waals surface area contributed by atoms with Crippen LogP contribution >= 0.6 is 27.7 Å². The van der Waals surface area contributed by atoms with Gasteiger partial charge in [0.15, 0.2) is 0 Å². The van der Waals surface area contributed by atoms with Crippen LogP contribution in [-0.2, 0) is 21.4 Å². The second-order valence-corrected chi connectivity index (χ2v) is 9.36. The molecule has 0 bridgehead atoms. The highest BCUT2D eigenvalue weighted by Crippen LogP contribution is 2.12. The minimum Gasteiger partial charge on any atom is -0.349 e. The molecular formula is C15H21BrN4O3S2. The van der Waals surface area contributed by atoms with Crippen LogP contribution in [-0.4, -0.2) is 47.5 Å². The molecule has 0 aliphatic rings. The molecule has 0 radical (unpaired) electrons. The molecular weight excluding hydrogens is 428 g/mol. The number of aromatic nitrogens is 2. The Morgan fingerprint density at radius 3 is 2.84 bits per heavy atom. The number of imidazole rings is 1. The predicted octanol–water partition coefficient (Wildman–Crippen LogP) is 1.77. The van der Waals surface area contributed by atoms with Crippen molar-refractivity contribution in [3.63, 3.8) is 0 Å². The van der Waals surface area contributed by atoms with Gasteiger partial charge in [-0.1, -0.05) is 0 Å². The summed E-state index contributed by atoms with van der Waals surface area (Å²) >= 11 is 4.96. The maximum atomic E-state index is 12.4. The van der Waals surface area contributed by atoms with E-state index in [2.05, 4.69) is 31.0 Å². The Kier molecular flexibility index (Phi) is 7.29. The van der Waals surface area contributed by atoms with E-state index in [0.29, 0.717) is 17.9 Å². The first-order chi connectivity index (χ1) is 11.8. The number of nitrogens with zero attached hydrogens (tertiary/aromatic N) is 2. The summed E-state index contributed by atoms with van der Waals surface area (Å²) in [6, 6.07) is 2.98. The molecule has 2 N–H and O–H groups in total. The Hall–Kier alpha value is -1.10. The fourth-order valence-electron chi connectivity index (χ4n) is 2.18. The second-order valence-electron chi connectivity index (χ2n) is 5.42. The molecule has 1 unspecified atom stereocenters. The summed E-state index contributed by atoms with van der Waals surface area (Å²) in [5, 5.41) is 2.77. The zero-order chi connectivity index (χ0) is 18.4. The zero-order valence-corrected chi connectivity index (χ0v) is 17.2. The van der Waals surface area contributed by atoms with E-state index >= 15 is 0 Å². The zero-order valence-electron chi connectivity index (χ0n) is 14.0. The summed E-state index contributed by atoms with van der Waals surface area (Å²) in [4.78, 5) is 16.8. The summed E-state index contributed by atoms with van der Waals surface area (Å²) in [7, 11) is -3.45. The number of carbonyl (C=O) groups is 1. The number of rotatable bonds is 9. The van der Waals surface area contributed by atoms with E-state index < -0.39 is 16.1 Å².